The molecule has 0 aromatic heterocycles. The van der Waals surface area contributed by atoms with Crippen molar-refractivity contribution >= 4 is 23.4 Å². The zero-order chi connectivity index (χ0) is 19.1. The van der Waals surface area contributed by atoms with Crippen LogP contribution in [0.5, 0.6) is 0 Å². The second-order valence-electron chi connectivity index (χ2n) is 6.34. The van der Waals surface area contributed by atoms with Gasteiger partial charge >= 0.3 is 0 Å². The van der Waals surface area contributed by atoms with Crippen molar-refractivity contribution in [2.45, 2.75) is 25.7 Å². The van der Waals surface area contributed by atoms with Crippen LogP contribution in [0.15, 0.2) is 24.3 Å². The highest BCUT2D eigenvalue weighted by molar-refractivity contribution is 5.96. The van der Waals surface area contributed by atoms with E-state index in [2.05, 4.69) is 5.32 Å². The molecule has 9 nitrogen and oxygen atoms in total. The van der Waals surface area contributed by atoms with Gasteiger partial charge in [-0.2, -0.15) is 0 Å². The van der Waals surface area contributed by atoms with Crippen LogP contribution in [0.4, 0.5) is 5.69 Å². The van der Waals surface area contributed by atoms with Gasteiger partial charge in [-0.15, -0.1) is 0 Å². The monoisotopic (exact) mass is 362 g/mol. The molecule has 1 aromatic carbocycles. The molecular formula is C17H22N4O5. The lowest BCUT2D eigenvalue weighted by Gasteiger charge is -2.32. The van der Waals surface area contributed by atoms with Gasteiger partial charge in [-0.3, -0.25) is 24.5 Å². The number of carbonyl (C=O) groups excluding carboxylic acids is 3. The normalized spacial score (nSPS) is 16.8. The number of nitro groups is 1. The average molecular weight is 362 g/mol. The molecular weight excluding hydrogens is 340 g/mol. The van der Waals surface area contributed by atoms with Gasteiger partial charge in [-0.25, -0.2) is 0 Å². The number of nitrogens with zero attached hydrogens (tertiary/aromatic N) is 2. The zero-order valence-corrected chi connectivity index (χ0v) is 14.3. The molecule has 1 atom stereocenters. The molecule has 1 saturated heterocycles. The van der Waals surface area contributed by atoms with E-state index in [1.807, 2.05) is 0 Å². The lowest BCUT2D eigenvalue weighted by Crippen LogP contribution is -2.45. The van der Waals surface area contributed by atoms with Gasteiger partial charge in [0.1, 0.15) is 0 Å². The minimum Gasteiger partial charge on any atom is -0.370 e. The molecule has 1 aliphatic rings. The average Bonchev–Trinajstić information content (AvgIpc) is 2.64. The largest absolute Gasteiger partial charge is 0.370 e. The van der Waals surface area contributed by atoms with Crippen LogP contribution in [-0.4, -0.2) is 47.2 Å². The number of nitrogens with one attached hydrogen (secondary N) is 1. The number of primary amides is 1. The maximum Gasteiger partial charge on any atom is 0.270 e. The molecule has 0 radical (unpaired) electrons. The molecule has 3 N–H and O–H groups in total. The SMILES string of the molecule is NC(=O)CCC1CCCN(C(=O)CNC(=O)c2cccc([N+](=O)[O-])c2)C1. The van der Waals surface area contributed by atoms with Gasteiger partial charge in [0.25, 0.3) is 11.6 Å². The topological polar surface area (TPSA) is 136 Å². The first-order valence-electron chi connectivity index (χ1n) is 8.45. The van der Waals surface area contributed by atoms with Crippen LogP contribution < -0.4 is 11.1 Å². The van der Waals surface area contributed by atoms with Crippen molar-refractivity contribution in [3.63, 3.8) is 0 Å². The Morgan fingerprint density at radius 2 is 2.12 bits per heavy atom. The first kappa shape index (κ1) is 19.4. The number of hydrogen-bond donors (Lipinski definition) is 2. The van der Waals surface area contributed by atoms with E-state index in [1.54, 1.807) is 4.90 Å². The number of benzene rings is 1. The summed E-state index contributed by atoms with van der Waals surface area (Å²) in [7, 11) is 0. The maximum absolute atomic E-state index is 12.3. The lowest BCUT2D eigenvalue weighted by molar-refractivity contribution is -0.384. The van der Waals surface area contributed by atoms with Crippen LogP contribution in [0.1, 0.15) is 36.0 Å². The van der Waals surface area contributed by atoms with Gasteiger partial charge in [0.15, 0.2) is 0 Å². The third kappa shape index (κ3) is 5.54. The summed E-state index contributed by atoms with van der Waals surface area (Å²) in [5.74, 6) is -0.873. The third-order valence-electron chi connectivity index (χ3n) is 4.39. The highest BCUT2D eigenvalue weighted by Crippen LogP contribution is 2.21. The molecule has 1 heterocycles. The summed E-state index contributed by atoms with van der Waals surface area (Å²) in [6.45, 7) is 0.974. The summed E-state index contributed by atoms with van der Waals surface area (Å²) in [6.07, 6.45) is 2.74. The smallest absolute Gasteiger partial charge is 0.270 e. The van der Waals surface area contributed by atoms with Crippen molar-refractivity contribution in [2.24, 2.45) is 11.7 Å². The Balaban J connectivity index is 1.85. The van der Waals surface area contributed by atoms with Crippen LogP contribution in [-0.2, 0) is 9.59 Å². The minimum atomic E-state index is -0.581. The molecule has 0 spiro atoms. The molecule has 0 saturated carbocycles. The van der Waals surface area contributed by atoms with Gasteiger partial charge in [-0.05, 0) is 31.2 Å². The highest BCUT2D eigenvalue weighted by Gasteiger charge is 2.24. The van der Waals surface area contributed by atoms with E-state index >= 15 is 0 Å². The van der Waals surface area contributed by atoms with Crippen molar-refractivity contribution < 1.29 is 19.3 Å². The summed E-state index contributed by atoms with van der Waals surface area (Å²) in [5.41, 5.74) is 5.11. The summed E-state index contributed by atoms with van der Waals surface area (Å²) in [5, 5.41) is 13.3. The number of likely N-dealkylation sites (tertiary alicyclic amines) is 1. The summed E-state index contributed by atoms with van der Waals surface area (Å²) in [6, 6.07) is 5.33. The Bertz CT molecular complexity index is 706. The van der Waals surface area contributed by atoms with Gasteiger partial charge < -0.3 is 16.0 Å². The summed E-state index contributed by atoms with van der Waals surface area (Å²) < 4.78 is 0. The second kappa shape index (κ2) is 8.93. The molecule has 1 unspecified atom stereocenters. The fourth-order valence-electron chi connectivity index (χ4n) is 3.00. The molecule has 0 bridgehead atoms. The maximum atomic E-state index is 12.3. The first-order valence-corrected chi connectivity index (χ1v) is 8.45. The fraction of sp³-hybridized carbons (Fsp3) is 0.471. The molecule has 0 aliphatic carbocycles. The molecule has 1 fully saturated rings. The Labute approximate surface area is 150 Å². The Hall–Kier alpha value is -2.97. The van der Waals surface area contributed by atoms with Gasteiger partial charge in [0, 0.05) is 37.2 Å². The second-order valence-corrected chi connectivity index (χ2v) is 6.34. The number of piperidine rings is 1. The number of nitro benzene ring substituents is 1. The first-order chi connectivity index (χ1) is 12.4. The van der Waals surface area contributed by atoms with Crippen LogP contribution in [0, 0.1) is 16.0 Å². The van der Waals surface area contributed by atoms with Crippen molar-refractivity contribution in [3.8, 4) is 0 Å². The van der Waals surface area contributed by atoms with Crippen molar-refractivity contribution in [1.29, 1.82) is 0 Å². The summed E-state index contributed by atoms with van der Waals surface area (Å²) in [4.78, 5) is 47.1. The third-order valence-corrected chi connectivity index (χ3v) is 4.39. The molecule has 140 valence electrons. The number of hydrogen-bond acceptors (Lipinski definition) is 5. The number of rotatable bonds is 7. The Kier molecular flexibility index (Phi) is 6.65. The molecule has 9 heteroatoms. The predicted octanol–water partition coefficient (Wildman–Crippen LogP) is 0.829. The fourth-order valence-corrected chi connectivity index (χ4v) is 3.00. The van der Waals surface area contributed by atoms with Gasteiger partial charge in [-0.1, -0.05) is 6.07 Å². The van der Waals surface area contributed by atoms with E-state index in [4.69, 9.17) is 5.73 Å². The Morgan fingerprint density at radius 1 is 1.35 bits per heavy atom. The molecule has 1 aliphatic heterocycles. The van der Waals surface area contributed by atoms with E-state index in [1.165, 1.54) is 24.3 Å². The van der Waals surface area contributed by atoms with Gasteiger partial charge in [0.05, 0.1) is 11.5 Å². The van der Waals surface area contributed by atoms with E-state index in [-0.39, 0.29) is 35.5 Å². The van der Waals surface area contributed by atoms with Crippen molar-refractivity contribution in [1.82, 2.24) is 10.2 Å². The van der Waals surface area contributed by atoms with Crippen LogP contribution in [0.2, 0.25) is 0 Å². The number of carbonyl (C=O) groups is 3. The van der Waals surface area contributed by atoms with Crippen LogP contribution in [0.25, 0.3) is 0 Å². The number of nitrogens with two attached hydrogens (primary N) is 1. The highest BCUT2D eigenvalue weighted by atomic mass is 16.6. The lowest BCUT2D eigenvalue weighted by atomic mass is 9.93. The number of amides is 3. The predicted molar refractivity (Wildman–Crippen MR) is 93.2 cm³/mol. The minimum absolute atomic E-state index is 0.130. The molecule has 26 heavy (non-hydrogen) atoms. The van der Waals surface area contributed by atoms with Crippen LogP contribution >= 0.6 is 0 Å². The quantitative estimate of drug-likeness (QED) is 0.547. The standard InChI is InChI=1S/C17H22N4O5/c18-15(22)7-6-12-3-2-8-20(11-12)16(23)10-19-17(24)13-4-1-5-14(9-13)21(25)26/h1,4-5,9,12H,2-3,6-8,10-11H2,(H2,18,22)(H,19,24). The molecule has 1 aromatic rings. The van der Waals surface area contributed by atoms with Crippen LogP contribution in [0.3, 0.4) is 0 Å². The van der Waals surface area contributed by atoms with Crippen molar-refractivity contribution in [3.05, 3.63) is 39.9 Å². The number of non-ortho nitro benzene ring substituents is 1. The van der Waals surface area contributed by atoms with E-state index in [9.17, 15) is 24.5 Å². The zero-order valence-electron chi connectivity index (χ0n) is 14.3. The molecule has 2 rings (SSSR count). The van der Waals surface area contributed by atoms with E-state index < -0.39 is 10.8 Å². The van der Waals surface area contributed by atoms with E-state index in [0.29, 0.717) is 25.9 Å². The molecule has 3 amide bonds. The van der Waals surface area contributed by atoms with Crippen molar-refractivity contribution in [2.75, 3.05) is 19.6 Å². The summed E-state index contributed by atoms with van der Waals surface area (Å²) >= 11 is 0. The van der Waals surface area contributed by atoms with E-state index in [0.717, 1.165) is 12.8 Å². The van der Waals surface area contributed by atoms with Gasteiger partial charge in [0.2, 0.25) is 11.8 Å². The Morgan fingerprint density at radius 3 is 2.81 bits per heavy atom.